The quantitative estimate of drug-likeness (QED) is 0.675. The topological polar surface area (TPSA) is 81.2 Å². The van der Waals surface area contributed by atoms with Gasteiger partial charge in [0.25, 0.3) is 0 Å². The lowest BCUT2D eigenvalue weighted by Crippen LogP contribution is -2.53. The molecule has 0 aliphatic carbocycles. The largest absolute Gasteiger partial charge is 0.395 e. The fraction of sp³-hybridized carbons (Fsp3) is 0.480. The lowest BCUT2D eigenvalue weighted by Gasteiger charge is -2.36. The van der Waals surface area contributed by atoms with Crippen molar-refractivity contribution in [2.45, 2.75) is 29.0 Å². The maximum absolute atomic E-state index is 14.0. The van der Waals surface area contributed by atoms with E-state index >= 15 is 0 Å². The highest BCUT2D eigenvalue weighted by molar-refractivity contribution is 8.02. The molecule has 3 amide bonds. The number of amides is 3. The van der Waals surface area contributed by atoms with Crippen LogP contribution in [0.3, 0.4) is 0 Å². The number of aliphatic hydroxyl groups excluding tert-OH is 1. The third kappa shape index (κ3) is 3.26. The Morgan fingerprint density at radius 1 is 1.00 bits per heavy atom. The number of hydrogen-bond acceptors (Lipinski definition) is 5. The first-order chi connectivity index (χ1) is 15.8. The summed E-state index contributed by atoms with van der Waals surface area (Å²) < 4.78 is -1.45. The van der Waals surface area contributed by atoms with Gasteiger partial charge in [0.15, 0.2) is 0 Å². The number of hydrogen-bond donors (Lipinski definition) is 1. The van der Waals surface area contributed by atoms with Crippen LogP contribution < -0.4 is 0 Å². The second-order valence-electron chi connectivity index (χ2n) is 9.48. The van der Waals surface area contributed by atoms with Gasteiger partial charge in [-0.25, -0.2) is 0 Å². The van der Waals surface area contributed by atoms with Gasteiger partial charge in [-0.3, -0.25) is 14.4 Å². The number of thioether (sulfide) groups is 1. The molecule has 2 saturated heterocycles. The van der Waals surface area contributed by atoms with Crippen LogP contribution in [0.5, 0.6) is 0 Å². The van der Waals surface area contributed by atoms with Crippen LogP contribution >= 0.6 is 11.8 Å². The fourth-order valence-electron chi connectivity index (χ4n) is 5.98. The van der Waals surface area contributed by atoms with Crippen LogP contribution in [0.25, 0.3) is 0 Å². The SMILES string of the molecule is CN1CC=C[C@]2(C)S[C@]34C=CCN(Cc5ccccc5)C(=O)C3N(CCO)C(=O)[C@@H]4[C@@H]2C1=O. The monoisotopic (exact) mass is 467 g/mol. The lowest BCUT2D eigenvalue weighted by atomic mass is 9.74. The molecule has 5 rings (SSSR count). The fourth-order valence-corrected chi connectivity index (χ4v) is 8.14. The molecular formula is C25H29N3O4S. The molecule has 0 aromatic heterocycles. The molecular weight excluding hydrogens is 438 g/mol. The van der Waals surface area contributed by atoms with Gasteiger partial charge in [-0.05, 0) is 12.5 Å². The minimum atomic E-state index is -0.855. The van der Waals surface area contributed by atoms with Gasteiger partial charge < -0.3 is 19.8 Å². The zero-order valence-electron chi connectivity index (χ0n) is 18.9. The zero-order valence-corrected chi connectivity index (χ0v) is 19.7. The van der Waals surface area contributed by atoms with Crippen molar-refractivity contribution in [3.8, 4) is 0 Å². The number of likely N-dealkylation sites (tertiary alicyclic amines) is 1. The van der Waals surface area contributed by atoms with E-state index in [1.54, 1.807) is 28.6 Å². The molecule has 1 aromatic carbocycles. The molecule has 1 spiro atoms. The van der Waals surface area contributed by atoms with Gasteiger partial charge in [-0.2, -0.15) is 0 Å². The predicted octanol–water partition coefficient (Wildman–Crippen LogP) is 1.29. The molecule has 4 aliphatic rings. The normalized spacial score (nSPS) is 35.4. The van der Waals surface area contributed by atoms with Gasteiger partial charge in [-0.1, -0.05) is 54.6 Å². The molecule has 0 saturated carbocycles. The van der Waals surface area contributed by atoms with Crippen LogP contribution in [-0.2, 0) is 20.9 Å². The summed E-state index contributed by atoms with van der Waals surface area (Å²) >= 11 is 1.56. The Hall–Kier alpha value is -2.58. The van der Waals surface area contributed by atoms with Crippen molar-refractivity contribution >= 4 is 29.5 Å². The van der Waals surface area contributed by atoms with E-state index in [0.29, 0.717) is 19.6 Å². The van der Waals surface area contributed by atoms with Gasteiger partial charge in [0.05, 0.1) is 23.2 Å². The van der Waals surface area contributed by atoms with Gasteiger partial charge in [0.2, 0.25) is 17.7 Å². The number of β-amino-alcohol motifs (C(OH)–C–C–N with tert-alkyl or cyclic N) is 1. The van der Waals surface area contributed by atoms with Crippen LogP contribution in [0.2, 0.25) is 0 Å². The first-order valence-corrected chi connectivity index (χ1v) is 12.2. The van der Waals surface area contributed by atoms with E-state index in [2.05, 4.69) is 0 Å². The summed E-state index contributed by atoms with van der Waals surface area (Å²) in [5.41, 5.74) is 1.01. The second-order valence-corrected chi connectivity index (χ2v) is 11.3. The number of aliphatic hydroxyl groups is 1. The molecule has 0 radical (unpaired) electrons. The smallest absolute Gasteiger partial charge is 0.247 e. The number of carbonyl (C=O) groups excluding carboxylic acids is 3. The van der Waals surface area contributed by atoms with E-state index in [1.807, 2.05) is 61.6 Å². The van der Waals surface area contributed by atoms with Gasteiger partial charge in [-0.15, -0.1) is 11.8 Å². The third-order valence-corrected chi connectivity index (χ3v) is 9.20. The minimum absolute atomic E-state index is 0.0685. The first-order valence-electron chi connectivity index (χ1n) is 11.4. The maximum atomic E-state index is 14.0. The Balaban J connectivity index is 1.60. The number of rotatable bonds is 4. The van der Waals surface area contributed by atoms with Crippen molar-refractivity contribution in [3.05, 3.63) is 60.2 Å². The van der Waals surface area contributed by atoms with Crippen molar-refractivity contribution in [1.29, 1.82) is 0 Å². The molecule has 1 aromatic rings. The summed E-state index contributed by atoms with van der Waals surface area (Å²) in [5.74, 6) is -1.64. The average molecular weight is 468 g/mol. The molecule has 8 heteroatoms. The summed E-state index contributed by atoms with van der Waals surface area (Å²) in [7, 11) is 1.76. The van der Waals surface area contributed by atoms with E-state index in [-0.39, 0.29) is 30.9 Å². The molecule has 174 valence electrons. The van der Waals surface area contributed by atoms with E-state index in [1.165, 1.54) is 4.90 Å². The van der Waals surface area contributed by atoms with Crippen LogP contribution in [0, 0.1) is 11.8 Å². The Morgan fingerprint density at radius 3 is 2.45 bits per heavy atom. The van der Waals surface area contributed by atoms with E-state index in [9.17, 15) is 19.5 Å². The number of carbonyl (C=O) groups is 3. The second kappa shape index (κ2) is 8.02. The summed E-state index contributed by atoms with van der Waals surface area (Å²) in [5, 5.41) is 9.75. The summed E-state index contributed by atoms with van der Waals surface area (Å²) in [4.78, 5) is 46.2. The van der Waals surface area contributed by atoms with Crippen LogP contribution in [0.1, 0.15) is 12.5 Å². The molecule has 4 heterocycles. The molecule has 7 nitrogen and oxygen atoms in total. The van der Waals surface area contributed by atoms with Crippen molar-refractivity contribution < 1.29 is 19.5 Å². The van der Waals surface area contributed by atoms with E-state index in [4.69, 9.17) is 0 Å². The van der Waals surface area contributed by atoms with Crippen molar-refractivity contribution in [2.75, 3.05) is 33.3 Å². The highest BCUT2D eigenvalue weighted by atomic mass is 32.2. The van der Waals surface area contributed by atoms with E-state index in [0.717, 1.165) is 5.56 Å². The molecule has 4 aliphatic heterocycles. The summed E-state index contributed by atoms with van der Waals surface area (Å²) in [6.45, 7) is 3.23. The predicted molar refractivity (Wildman–Crippen MR) is 126 cm³/mol. The number of nitrogens with zero attached hydrogens (tertiary/aromatic N) is 3. The van der Waals surface area contributed by atoms with Crippen LogP contribution in [0.15, 0.2) is 54.6 Å². The van der Waals surface area contributed by atoms with Crippen LogP contribution in [-0.4, -0.2) is 86.4 Å². The Kier molecular flexibility index (Phi) is 5.40. The Morgan fingerprint density at radius 2 is 1.73 bits per heavy atom. The number of likely N-dealkylation sites (N-methyl/N-ethyl adjacent to an activating group) is 1. The van der Waals surface area contributed by atoms with Crippen molar-refractivity contribution in [1.82, 2.24) is 14.7 Å². The highest BCUT2D eigenvalue weighted by Gasteiger charge is 2.73. The van der Waals surface area contributed by atoms with Gasteiger partial charge in [0.1, 0.15) is 6.04 Å². The first kappa shape index (κ1) is 22.2. The van der Waals surface area contributed by atoms with Crippen molar-refractivity contribution in [2.24, 2.45) is 11.8 Å². The van der Waals surface area contributed by atoms with Crippen molar-refractivity contribution in [3.63, 3.8) is 0 Å². The zero-order chi connectivity index (χ0) is 23.4. The summed E-state index contributed by atoms with van der Waals surface area (Å²) in [6.07, 6.45) is 8.01. The standard InChI is InChI=1S/C25H29N3O4S/c1-24-10-6-12-26(2)21(30)18(24)19-22(31)28(14-15-29)20-23(32)27(13-7-11-25(19,20)33-24)16-17-8-4-3-5-9-17/h3-11,18-20,29H,12-16H2,1-2H3/t18-,19+,20?,24+,25+/m1/s1. The average Bonchev–Trinajstić information content (AvgIpc) is 3.07. The molecule has 1 unspecified atom stereocenters. The molecule has 1 N–H and O–H groups in total. The lowest BCUT2D eigenvalue weighted by molar-refractivity contribution is -0.144. The number of benzene rings is 1. The Labute approximate surface area is 198 Å². The maximum Gasteiger partial charge on any atom is 0.247 e. The van der Waals surface area contributed by atoms with E-state index < -0.39 is 27.4 Å². The van der Waals surface area contributed by atoms with Crippen LogP contribution in [0.4, 0.5) is 0 Å². The molecule has 5 atom stereocenters. The minimum Gasteiger partial charge on any atom is -0.395 e. The highest BCUT2D eigenvalue weighted by Crippen LogP contribution is 2.65. The van der Waals surface area contributed by atoms with Gasteiger partial charge >= 0.3 is 0 Å². The molecule has 33 heavy (non-hydrogen) atoms. The van der Waals surface area contributed by atoms with Gasteiger partial charge in [0, 0.05) is 38.0 Å². The molecule has 2 fully saturated rings. The summed E-state index contributed by atoms with van der Waals surface area (Å²) in [6, 6.07) is 9.02. The Bertz CT molecular complexity index is 1040. The molecule has 0 bridgehead atoms. The third-order valence-electron chi connectivity index (χ3n) is 7.40. The number of fused-ring (bicyclic) bond motifs is 2.